The van der Waals surface area contributed by atoms with Crippen molar-refractivity contribution in [2.24, 2.45) is 0 Å². The number of anilines is 1. The van der Waals surface area contributed by atoms with Gasteiger partial charge in [0.2, 0.25) is 11.5 Å². The second kappa shape index (κ2) is 8.51. The number of thioether (sulfide) groups is 1. The third-order valence-electron chi connectivity index (χ3n) is 4.66. The molecule has 0 bridgehead atoms. The number of carbonyl (C=O) groups excluding carboxylic acids is 1. The van der Waals surface area contributed by atoms with Crippen molar-refractivity contribution in [1.29, 1.82) is 0 Å². The summed E-state index contributed by atoms with van der Waals surface area (Å²) in [4.78, 5) is 29.8. The van der Waals surface area contributed by atoms with E-state index in [0.717, 1.165) is 30.0 Å². The Hall–Kier alpha value is -2.98. The Bertz CT molecular complexity index is 1400. The van der Waals surface area contributed by atoms with Crippen molar-refractivity contribution in [3.05, 3.63) is 63.4 Å². The maximum Gasteiger partial charge on any atom is 0.416 e. The van der Waals surface area contributed by atoms with E-state index >= 15 is 0 Å². The van der Waals surface area contributed by atoms with Gasteiger partial charge in [-0.1, -0.05) is 35.5 Å². The molecule has 0 radical (unpaired) electrons. The Labute approximate surface area is 188 Å². The number of halogens is 4. The van der Waals surface area contributed by atoms with Crippen molar-refractivity contribution in [1.82, 2.24) is 9.55 Å². The van der Waals surface area contributed by atoms with E-state index in [2.05, 4.69) is 10.3 Å². The first-order valence-corrected chi connectivity index (χ1v) is 10.8. The van der Waals surface area contributed by atoms with Gasteiger partial charge in [0.25, 0.3) is 5.56 Å². The number of alkyl halides is 3. The average molecular weight is 482 g/mol. The molecular formula is C21H15ClF3N3O3S. The summed E-state index contributed by atoms with van der Waals surface area (Å²) in [6.45, 7) is 2.05. The Balaban J connectivity index is 1.60. The summed E-state index contributed by atoms with van der Waals surface area (Å²) in [5.74, 6) is -0.786. The van der Waals surface area contributed by atoms with Crippen LogP contribution < -0.4 is 10.9 Å². The summed E-state index contributed by atoms with van der Waals surface area (Å²) >= 11 is 6.92. The Morgan fingerprint density at radius 1 is 1.25 bits per heavy atom. The number of rotatable bonds is 5. The summed E-state index contributed by atoms with van der Waals surface area (Å²) in [5.41, 5.74) is -0.420. The molecule has 4 rings (SSSR count). The summed E-state index contributed by atoms with van der Waals surface area (Å²) < 4.78 is 45.8. The van der Waals surface area contributed by atoms with Gasteiger partial charge in [0, 0.05) is 11.9 Å². The molecule has 2 heterocycles. The van der Waals surface area contributed by atoms with Crippen LogP contribution in [-0.4, -0.2) is 21.2 Å². The number of hydrogen-bond donors (Lipinski definition) is 1. The third kappa shape index (κ3) is 4.20. The van der Waals surface area contributed by atoms with Gasteiger partial charge in [-0.2, -0.15) is 13.2 Å². The van der Waals surface area contributed by atoms with Crippen molar-refractivity contribution in [2.45, 2.75) is 24.8 Å². The standard InChI is InChI=1S/C21H15ClF3N3O3S/c1-2-28-19(30)18-17(12-5-3-4-6-15(12)31-18)27-20(28)32-10-16(29)26-14-9-11(21(23,24)25)7-8-13(14)22/h3-9H,2,10H2,1H3,(H,26,29). The van der Waals surface area contributed by atoms with Gasteiger partial charge in [-0.15, -0.1) is 0 Å². The van der Waals surface area contributed by atoms with Crippen molar-refractivity contribution in [3.63, 3.8) is 0 Å². The number of carbonyl (C=O) groups is 1. The zero-order valence-electron chi connectivity index (χ0n) is 16.5. The first kappa shape index (κ1) is 22.2. The number of aromatic nitrogens is 2. The number of para-hydroxylation sites is 1. The molecule has 0 aliphatic heterocycles. The highest BCUT2D eigenvalue weighted by Gasteiger charge is 2.31. The predicted octanol–water partition coefficient (Wildman–Crippen LogP) is 5.57. The van der Waals surface area contributed by atoms with Gasteiger partial charge in [0.15, 0.2) is 5.16 Å². The quantitative estimate of drug-likeness (QED) is 0.298. The molecule has 2 aromatic carbocycles. The smallest absolute Gasteiger partial charge is 0.416 e. The van der Waals surface area contributed by atoms with E-state index in [9.17, 15) is 22.8 Å². The SMILES string of the molecule is CCn1c(SCC(=O)Nc2cc(C(F)(F)F)ccc2Cl)nc2c(oc3ccccc32)c1=O. The Kier molecular flexibility index (Phi) is 5.91. The normalized spacial score (nSPS) is 11.9. The highest BCUT2D eigenvalue weighted by atomic mass is 35.5. The van der Waals surface area contributed by atoms with Crippen LogP contribution >= 0.6 is 23.4 Å². The lowest BCUT2D eigenvalue weighted by Gasteiger charge is -2.12. The topological polar surface area (TPSA) is 77.1 Å². The van der Waals surface area contributed by atoms with Crippen LogP contribution in [0.5, 0.6) is 0 Å². The van der Waals surface area contributed by atoms with E-state index in [0.29, 0.717) is 28.2 Å². The van der Waals surface area contributed by atoms with Gasteiger partial charge in [0.1, 0.15) is 11.1 Å². The molecule has 0 aliphatic rings. The molecule has 0 fully saturated rings. The first-order chi connectivity index (χ1) is 15.2. The minimum Gasteiger partial charge on any atom is -0.448 e. The first-order valence-electron chi connectivity index (χ1n) is 9.40. The van der Waals surface area contributed by atoms with Crippen LogP contribution in [0.4, 0.5) is 18.9 Å². The molecule has 0 saturated carbocycles. The van der Waals surface area contributed by atoms with Crippen LogP contribution in [0.15, 0.2) is 56.8 Å². The Morgan fingerprint density at radius 2 is 2.00 bits per heavy atom. The molecule has 166 valence electrons. The van der Waals surface area contributed by atoms with E-state index in [1.165, 1.54) is 4.57 Å². The number of nitrogens with one attached hydrogen (secondary N) is 1. The largest absolute Gasteiger partial charge is 0.448 e. The number of amides is 1. The molecule has 1 amide bonds. The van der Waals surface area contributed by atoms with E-state index < -0.39 is 17.6 Å². The van der Waals surface area contributed by atoms with E-state index in [1.54, 1.807) is 31.2 Å². The number of benzene rings is 2. The van der Waals surface area contributed by atoms with Crippen molar-refractivity contribution in [3.8, 4) is 0 Å². The van der Waals surface area contributed by atoms with Crippen LogP contribution in [0.25, 0.3) is 22.1 Å². The molecule has 4 aromatic rings. The fourth-order valence-electron chi connectivity index (χ4n) is 3.16. The monoisotopic (exact) mass is 481 g/mol. The lowest BCUT2D eigenvalue weighted by atomic mass is 10.2. The predicted molar refractivity (Wildman–Crippen MR) is 117 cm³/mol. The molecule has 6 nitrogen and oxygen atoms in total. The van der Waals surface area contributed by atoms with Gasteiger partial charge in [-0.25, -0.2) is 4.98 Å². The summed E-state index contributed by atoms with van der Waals surface area (Å²) in [7, 11) is 0. The molecule has 11 heteroatoms. The third-order valence-corrected chi connectivity index (χ3v) is 5.97. The Morgan fingerprint density at radius 3 is 2.72 bits per heavy atom. The van der Waals surface area contributed by atoms with Crippen molar-refractivity contribution in [2.75, 3.05) is 11.1 Å². The number of fused-ring (bicyclic) bond motifs is 3. The van der Waals surface area contributed by atoms with Gasteiger partial charge < -0.3 is 9.73 Å². The minimum atomic E-state index is -4.57. The number of nitrogens with zero attached hydrogens (tertiary/aromatic N) is 2. The fourth-order valence-corrected chi connectivity index (χ4v) is 4.18. The molecule has 0 saturated heterocycles. The average Bonchev–Trinajstić information content (AvgIpc) is 3.12. The molecule has 32 heavy (non-hydrogen) atoms. The van der Waals surface area contributed by atoms with Crippen molar-refractivity contribution >= 4 is 57.0 Å². The van der Waals surface area contributed by atoms with Crippen molar-refractivity contribution < 1.29 is 22.4 Å². The minimum absolute atomic E-state index is 0.0220. The fraction of sp³-hybridized carbons (Fsp3) is 0.190. The zero-order chi connectivity index (χ0) is 23.0. The summed E-state index contributed by atoms with van der Waals surface area (Å²) in [6, 6.07) is 9.76. The maximum atomic E-state index is 12.9. The molecular weight excluding hydrogens is 467 g/mol. The van der Waals surface area contributed by atoms with E-state index in [4.69, 9.17) is 16.0 Å². The molecule has 0 aliphatic carbocycles. The van der Waals surface area contributed by atoms with E-state index in [1.807, 2.05) is 0 Å². The summed E-state index contributed by atoms with van der Waals surface area (Å²) in [6.07, 6.45) is -4.57. The van der Waals surface area contributed by atoms with Crippen LogP contribution in [-0.2, 0) is 17.5 Å². The maximum absolute atomic E-state index is 12.9. The lowest BCUT2D eigenvalue weighted by Crippen LogP contribution is -2.23. The summed E-state index contributed by atoms with van der Waals surface area (Å²) in [5, 5.41) is 3.32. The zero-order valence-corrected chi connectivity index (χ0v) is 18.1. The van der Waals surface area contributed by atoms with Crippen LogP contribution in [0.3, 0.4) is 0 Å². The van der Waals surface area contributed by atoms with Crippen LogP contribution in [0, 0.1) is 0 Å². The highest BCUT2D eigenvalue weighted by molar-refractivity contribution is 7.99. The lowest BCUT2D eigenvalue weighted by molar-refractivity contribution is -0.137. The van der Waals surface area contributed by atoms with Gasteiger partial charge in [0.05, 0.1) is 22.0 Å². The second-order valence-electron chi connectivity index (χ2n) is 6.75. The number of furan rings is 1. The molecule has 0 unspecified atom stereocenters. The second-order valence-corrected chi connectivity index (χ2v) is 8.10. The highest BCUT2D eigenvalue weighted by Crippen LogP contribution is 2.34. The van der Waals surface area contributed by atoms with E-state index in [-0.39, 0.29) is 27.6 Å². The van der Waals surface area contributed by atoms with Gasteiger partial charge >= 0.3 is 6.18 Å². The molecule has 0 spiro atoms. The van der Waals surface area contributed by atoms with Crippen LogP contribution in [0.2, 0.25) is 5.02 Å². The molecule has 0 atom stereocenters. The molecule has 2 aromatic heterocycles. The van der Waals surface area contributed by atoms with Gasteiger partial charge in [-0.3, -0.25) is 14.2 Å². The number of hydrogen-bond acceptors (Lipinski definition) is 5. The van der Waals surface area contributed by atoms with Gasteiger partial charge in [-0.05, 0) is 37.3 Å². The van der Waals surface area contributed by atoms with Crippen LogP contribution in [0.1, 0.15) is 12.5 Å². The molecule has 1 N–H and O–H groups in total.